The molecule has 0 N–H and O–H groups in total. The van der Waals surface area contributed by atoms with E-state index in [1.807, 2.05) is 59.5 Å². The fourth-order valence-electron chi connectivity index (χ4n) is 5.19. The molecule has 0 aromatic heterocycles. The number of nitrogens with zero attached hydrogens (tertiary/aromatic N) is 2. The van der Waals surface area contributed by atoms with E-state index in [0.29, 0.717) is 31.9 Å². The molecule has 0 atom stereocenters. The molecule has 1 fully saturated rings. The Hall–Kier alpha value is -4.58. The Balaban J connectivity index is 0.987. The van der Waals surface area contributed by atoms with Crippen molar-refractivity contribution in [1.82, 2.24) is 4.90 Å². The molecule has 0 spiro atoms. The first-order chi connectivity index (χ1) is 21.0. The number of benzene rings is 4. The molecule has 1 aliphatic heterocycles. The van der Waals surface area contributed by atoms with Crippen molar-refractivity contribution in [1.29, 1.82) is 0 Å². The zero-order chi connectivity index (χ0) is 29.9. The van der Waals surface area contributed by atoms with E-state index < -0.39 is 0 Å². The Bertz CT molecular complexity index is 1440. The van der Waals surface area contributed by atoms with Crippen molar-refractivity contribution in [3.05, 3.63) is 125 Å². The smallest absolute Gasteiger partial charge is 0.223 e. The third-order valence-corrected chi connectivity index (χ3v) is 7.82. The summed E-state index contributed by atoms with van der Waals surface area (Å²) in [6.45, 7) is 6.07. The van der Waals surface area contributed by atoms with Gasteiger partial charge in [-0.15, -0.1) is 0 Å². The second-order valence-electron chi connectivity index (χ2n) is 11.0. The van der Waals surface area contributed by atoms with Crippen molar-refractivity contribution in [2.45, 2.75) is 39.2 Å². The second kappa shape index (κ2) is 15.1. The van der Waals surface area contributed by atoms with Gasteiger partial charge in [-0.1, -0.05) is 60.2 Å². The molecule has 0 bridgehead atoms. The fraction of sp³-hybridized carbons (Fsp3) is 0.297. The van der Waals surface area contributed by atoms with Crippen LogP contribution in [0.2, 0.25) is 0 Å². The molecule has 0 radical (unpaired) electrons. The van der Waals surface area contributed by atoms with Crippen molar-refractivity contribution in [3.63, 3.8) is 0 Å². The molecule has 222 valence electrons. The van der Waals surface area contributed by atoms with Crippen LogP contribution in [0.1, 0.15) is 46.3 Å². The van der Waals surface area contributed by atoms with Gasteiger partial charge in [-0.05, 0) is 79.4 Å². The number of hydrogen-bond acceptors (Lipinski definition) is 5. The predicted molar refractivity (Wildman–Crippen MR) is 171 cm³/mol. The number of ether oxygens (including phenoxy) is 2. The number of piperazine rings is 1. The fourth-order valence-corrected chi connectivity index (χ4v) is 5.19. The monoisotopic (exact) mass is 576 g/mol. The maximum absolute atomic E-state index is 12.8. The summed E-state index contributed by atoms with van der Waals surface area (Å²) in [6, 6.07) is 34.1. The Labute approximate surface area is 254 Å². The molecule has 1 aliphatic rings. The minimum atomic E-state index is -0.0209. The zero-order valence-electron chi connectivity index (χ0n) is 24.9. The molecule has 5 rings (SSSR count). The SMILES string of the molecule is Cc1ccc(CCCOc2ccc(C(=O)CCC(=O)N3CCN(c4ccc(OCc5ccccc5)cc4)CC3)cc2)cc1. The largest absolute Gasteiger partial charge is 0.494 e. The minimum absolute atomic E-state index is 0.0209. The lowest BCUT2D eigenvalue weighted by molar-refractivity contribution is -0.131. The Morgan fingerprint density at radius 2 is 1.33 bits per heavy atom. The summed E-state index contributed by atoms with van der Waals surface area (Å²) in [5, 5.41) is 0. The minimum Gasteiger partial charge on any atom is -0.494 e. The summed E-state index contributed by atoms with van der Waals surface area (Å²) >= 11 is 0. The lowest BCUT2D eigenvalue weighted by atomic mass is 10.1. The van der Waals surface area contributed by atoms with Gasteiger partial charge in [0.15, 0.2) is 5.78 Å². The first-order valence-electron chi connectivity index (χ1n) is 15.1. The molecule has 0 aliphatic carbocycles. The van der Waals surface area contributed by atoms with Crippen LogP contribution in [0.15, 0.2) is 103 Å². The Kier molecular flexibility index (Phi) is 10.5. The topological polar surface area (TPSA) is 59.1 Å². The number of anilines is 1. The quantitative estimate of drug-likeness (QED) is 0.128. The number of ketones is 1. The van der Waals surface area contributed by atoms with Gasteiger partial charge < -0.3 is 19.3 Å². The highest BCUT2D eigenvalue weighted by atomic mass is 16.5. The third kappa shape index (κ3) is 8.95. The maximum Gasteiger partial charge on any atom is 0.223 e. The summed E-state index contributed by atoms with van der Waals surface area (Å²) in [5.41, 5.74) is 5.44. The number of Topliss-reactive ketones (excluding diaryl/α,β-unsaturated/α-hetero) is 1. The lowest BCUT2D eigenvalue weighted by Crippen LogP contribution is -2.48. The summed E-state index contributed by atoms with van der Waals surface area (Å²) in [7, 11) is 0. The molecular weight excluding hydrogens is 536 g/mol. The molecule has 6 nitrogen and oxygen atoms in total. The van der Waals surface area contributed by atoms with Crippen molar-refractivity contribution in [2.75, 3.05) is 37.7 Å². The van der Waals surface area contributed by atoms with Crippen LogP contribution < -0.4 is 14.4 Å². The average molecular weight is 577 g/mol. The predicted octanol–water partition coefficient (Wildman–Crippen LogP) is 6.90. The number of carbonyl (C=O) groups is 2. The van der Waals surface area contributed by atoms with Crippen LogP contribution in [0.3, 0.4) is 0 Å². The second-order valence-corrected chi connectivity index (χ2v) is 11.0. The number of aryl methyl sites for hydroxylation is 2. The standard InChI is InChI=1S/C37H40N2O4/c1-29-9-11-30(12-10-29)8-5-27-42-34-17-13-32(14-18-34)36(40)21-22-37(41)39-25-23-38(24-26-39)33-15-19-35(20-16-33)43-28-31-6-3-2-4-7-31/h2-4,6-7,9-20H,5,8,21-28H2,1H3. The van der Waals surface area contributed by atoms with Gasteiger partial charge in [0.2, 0.25) is 5.91 Å². The van der Waals surface area contributed by atoms with E-state index in [1.54, 1.807) is 12.1 Å². The molecule has 1 saturated heterocycles. The van der Waals surface area contributed by atoms with Gasteiger partial charge in [-0.2, -0.15) is 0 Å². The van der Waals surface area contributed by atoms with E-state index in [9.17, 15) is 9.59 Å². The van der Waals surface area contributed by atoms with Crippen LogP contribution in [0.5, 0.6) is 11.5 Å². The Morgan fingerprint density at radius 3 is 2.02 bits per heavy atom. The van der Waals surface area contributed by atoms with E-state index in [0.717, 1.165) is 48.7 Å². The van der Waals surface area contributed by atoms with Gasteiger partial charge in [0, 0.05) is 50.3 Å². The number of carbonyl (C=O) groups excluding carboxylic acids is 2. The molecule has 6 heteroatoms. The summed E-state index contributed by atoms with van der Waals surface area (Å²) in [6.07, 6.45) is 2.33. The van der Waals surface area contributed by atoms with Gasteiger partial charge in [0.25, 0.3) is 0 Å². The highest BCUT2D eigenvalue weighted by Crippen LogP contribution is 2.22. The number of rotatable bonds is 13. The van der Waals surface area contributed by atoms with E-state index >= 15 is 0 Å². The van der Waals surface area contributed by atoms with Crippen LogP contribution >= 0.6 is 0 Å². The van der Waals surface area contributed by atoms with E-state index in [2.05, 4.69) is 48.2 Å². The number of hydrogen-bond donors (Lipinski definition) is 0. The molecule has 1 amide bonds. The molecule has 0 unspecified atom stereocenters. The van der Waals surface area contributed by atoms with E-state index in [-0.39, 0.29) is 24.5 Å². The lowest BCUT2D eigenvalue weighted by Gasteiger charge is -2.36. The van der Waals surface area contributed by atoms with E-state index in [1.165, 1.54) is 11.1 Å². The molecule has 0 saturated carbocycles. The first kappa shape index (κ1) is 29.9. The molecular formula is C37H40N2O4. The highest BCUT2D eigenvalue weighted by molar-refractivity contribution is 5.98. The van der Waals surface area contributed by atoms with E-state index in [4.69, 9.17) is 9.47 Å². The van der Waals surface area contributed by atoms with Gasteiger partial charge in [0.05, 0.1) is 6.61 Å². The van der Waals surface area contributed by atoms with Crippen molar-refractivity contribution in [3.8, 4) is 11.5 Å². The zero-order valence-corrected chi connectivity index (χ0v) is 24.9. The third-order valence-electron chi connectivity index (χ3n) is 7.82. The van der Waals surface area contributed by atoms with Gasteiger partial charge in [-0.25, -0.2) is 0 Å². The molecule has 4 aromatic rings. The maximum atomic E-state index is 12.8. The van der Waals surface area contributed by atoms with Gasteiger partial charge >= 0.3 is 0 Å². The first-order valence-corrected chi connectivity index (χ1v) is 15.1. The van der Waals surface area contributed by atoms with Gasteiger partial charge in [0.1, 0.15) is 18.1 Å². The van der Waals surface area contributed by atoms with Crippen LogP contribution in [0, 0.1) is 6.92 Å². The van der Waals surface area contributed by atoms with Crippen LogP contribution in [0.4, 0.5) is 5.69 Å². The average Bonchev–Trinajstić information content (AvgIpc) is 3.06. The summed E-state index contributed by atoms with van der Waals surface area (Å²) in [4.78, 5) is 29.7. The molecule has 43 heavy (non-hydrogen) atoms. The number of amides is 1. The molecule has 4 aromatic carbocycles. The summed E-state index contributed by atoms with van der Waals surface area (Å²) in [5.74, 6) is 1.60. The van der Waals surface area contributed by atoms with Gasteiger partial charge in [-0.3, -0.25) is 9.59 Å². The van der Waals surface area contributed by atoms with Crippen LogP contribution in [-0.4, -0.2) is 49.4 Å². The van der Waals surface area contributed by atoms with Crippen LogP contribution in [-0.2, 0) is 17.8 Å². The normalized spacial score (nSPS) is 13.0. The Morgan fingerprint density at radius 1 is 0.674 bits per heavy atom. The van der Waals surface area contributed by atoms with Crippen LogP contribution in [0.25, 0.3) is 0 Å². The highest BCUT2D eigenvalue weighted by Gasteiger charge is 2.22. The van der Waals surface area contributed by atoms with Crippen molar-refractivity contribution < 1.29 is 19.1 Å². The van der Waals surface area contributed by atoms with Crippen molar-refractivity contribution in [2.24, 2.45) is 0 Å². The summed E-state index contributed by atoms with van der Waals surface area (Å²) < 4.78 is 11.8. The molecule has 1 heterocycles. The van der Waals surface area contributed by atoms with Crippen molar-refractivity contribution >= 4 is 17.4 Å².